The summed E-state index contributed by atoms with van der Waals surface area (Å²) in [4.78, 5) is 2.14. The first-order valence-electron chi connectivity index (χ1n) is 8.06. The zero-order chi connectivity index (χ0) is 15.1. The number of allylic oxidation sites excluding steroid dienone is 1. The molecule has 1 aromatic rings. The Balaban J connectivity index is 1.90. The van der Waals surface area contributed by atoms with Crippen molar-refractivity contribution in [2.45, 2.75) is 26.9 Å². The van der Waals surface area contributed by atoms with E-state index in [1.165, 1.54) is 16.8 Å². The Kier molecular flexibility index (Phi) is 3.83. The molecule has 0 unspecified atom stereocenters. The van der Waals surface area contributed by atoms with Crippen LogP contribution in [0.15, 0.2) is 35.9 Å². The van der Waals surface area contributed by atoms with Gasteiger partial charge in [0.2, 0.25) is 0 Å². The summed E-state index contributed by atoms with van der Waals surface area (Å²) in [6, 6.07) is 8.86. The fraction of sp³-hybridized carbons (Fsp3) is 0.579. The van der Waals surface area contributed by atoms with E-state index in [0.717, 1.165) is 6.61 Å². The van der Waals surface area contributed by atoms with Gasteiger partial charge in [-0.15, -0.1) is 0 Å². The summed E-state index contributed by atoms with van der Waals surface area (Å²) in [6.07, 6.45) is 2.69. The fourth-order valence-electron chi connectivity index (χ4n) is 4.21. The van der Waals surface area contributed by atoms with Gasteiger partial charge in [0.1, 0.15) is 0 Å². The third-order valence-electron chi connectivity index (χ3n) is 5.50. The van der Waals surface area contributed by atoms with Crippen LogP contribution in [0.4, 0.5) is 5.69 Å². The van der Waals surface area contributed by atoms with Gasteiger partial charge in [-0.05, 0) is 42.4 Å². The van der Waals surface area contributed by atoms with Crippen LogP contribution in [0.5, 0.6) is 0 Å². The molecule has 1 saturated heterocycles. The molecular weight excluding hydrogens is 258 g/mol. The highest BCUT2D eigenvalue weighted by atomic mass is 16.5. The maximum absolute atomic E-state index is 6.29. The quantitative estimate of drug-likeness (QED) is 0.752. The highest BCUT2D eigenvalue weighted by Gasteiger charge is 2.43. The first-order valence-corrected chi connectivity index (χ1v) is 8.06. The van der Waals surface area contributed by atoms with Gasteiger partial charge < -0.3 is 9.64 Å². The number of hydrogen-bond donors (Lipinski definition) is 0. The molecule has 2 heteroatoms. The predicted molar refractivity (Wildman–Crippen MR) is 88.5 cm³/mol. The average molecular weight is 285 g/mol. The third-order valence-corrected chi connectivity index (χ3v) is 5.50. The van der Waals surface area contributed by atoms with Crippen molar-refractivity contribution in [3.05, 3.63) is 41.5 Å². The number of benzene rings is 1. The minimum absolute atomic E-state index is 0.219. The fourth-order valence-corrected chi connectivity index (χ4v) is 4.21. The lowest BCUT2D eigenvalue weighted by Crippen LogP contribution is -2.42. The molecule has 0 N–H and O–H groups in total. The van der Waals surface area contributed by atoms with Crippen molar-refractivity contribution in [3.63, 3.8) is 0 Å². The van der Waals surface area contributed by atoms with Crippen LogP contribution in [-0.2, 0) is 4.74 Å². The second-order valence-corrected chi connectivity index (χ2v) is 7.06. The van der Waals surface area contributed by atoms with Gasteiger partial charge in [-0.2, -0.15) is 0 Å². The maximum Gasteiger partial charge on any atom is 0.0892 e. The lowest BCUT2D eigenvalue weighted by Gasteiger charge is -2.47. The molecule has 5 atom stereocenters. The van der Waals surface area contributed by atoms with Crippen LogP contribution < -0.4 is 4.90 Å². The highest BCUT2D eigenvalue weighted by Crippen LogP contribution is 2.49. The van der Waals surface area contributed by atoms with E-state index in [4.69, 9.17) is 4.74 Å². The van der Waals surface area contributed by atoms with Gasteiger partial charge in [-0.3, -0.25) is 0 Å². The number of hydrogen-bond acceptors (Lipinski definition) is 2. The van der Waals surface area contributed by atoms with E-state index in [2.05, 4.69) is 70.1 Å². The molecule has 1 fully saturated rings. The highest BCUT2D eigenvalue weighted by molar-refractivity contribution is 5.46. The Morgan fingerprint density at radius 3 is 2.38 bits per heavy atom. The molecule has 0 amide bonds. The monoisotopic (exact) mass is 285 g/mol. The second kappa shape index (κ2) is 5.49. The number of fused-ring (bicyclic) bond motifs is 2. The lowest BCUT2D eigenvalue weighted by molar-refractivity contribution is -0.0934. The Morgan fingerprint density at radius 1 is 1.10 bits per heavy atom. The van der Waals surface area contributed by atoms with Crippen molar-refractivity contribution in [1.82, 2.24) is 0 Å². The minimum Gasteiger partial charge on any atom is -0.378 e. The molecule has 2 bridgehead atoms. The lowest BCUT2D eigenvalue weighted by atomic mass is 9.64. The van der Waals surface area contributed by atoms with Crippen molar-refractivity contribution in [2.24, 2.45) is 23.7 Å². The largest absolute Gasteiger partial charge is 0.378 e. The Labute approximate surface area is 128 Å². The van der Waals surface area contributed by atoms with Crippen molar-refractivity contribution >= 4 is 5.69 Å². The summed E-state index contributed by atoms with van der Waals surface area (Å²) in [5.74, 6) is 2.56. The predicted octanol–water partition coefficient (Wildman–Crippen LogP) is 4.29. The number of ether oxygens (including phenoxy) is 1. The third kappa shape index (κ3) is 2.50. The molecule has 21 heavy (non-hydrogen) atoms. The molecule has 114 valence electrons. The van der Waals surface area contributed by atoms with Gasteiger partial charge in [0.15, 0.2) is 0 Å². The molecule has 2 aliphatic rings. The Morgan fingerprint density at radius 2 is 1.76 bits per heavy atom. The summed E-state index contributed by atoms with van der Waals surface area (Å²) in [6.45, 7) is 7.91. The van der Waals surface area contributed by atoms with E-state index in [1.807, 2.05) is 0 Å². The molecule has 1 heterocycles. The number of nitrogens with zero attached hydrogens (tertiary/aromatic N) is 1. The van der Waals surface area contributed by atoms with E-state index >= 15 is 0 Å². The Bertz CT molecular complexity index is 531. The standard InChI is InChI=1S/C19H27NO/c1-12-10-13(2)18-14(3)17(12)11-21-19(18)15-6-8-16(9-7-15)20(4)5/h6-10,12,14,17-19H,11H2,1-5H3/t12-,14-,17-,18+,19-/m1/s1. The molecule has 0 aromatic heterocycles. The van der Waals surface area contributed by atoms with E-state index in [1.54, 1.807) is 0 Å². The van der Waals surface area contributed by atoms with Crippen LogP contribution in [0.25, 0.3) is 0 Å². The second-order valence-electron chi connectivity index (χ2n) is 7.06. The molecule has 1 aromatic carbocycles. The molecule has 0 radical (unpaired) electrons. The summed E-state index contributed by atoms with van der Waals surface area (Å²) >= 11 is 0. The SMILES string of the molecule is CC1=C[C@@H](C)[C@H]2CO[C@H](c3ccc(N(C)C)cc3)[C@@H]1[C@@H]2C. The molecule has 0 saturated carbocycles. The van der Waals surface area contributed by atoms with E-state index in [0.29, 0.717) is 23.7 Å². The molecule has 1 aliphatic carbocycles. The molecule has 2 nitrogen and oxygen atoms in total. The zero-order valence-corrected chi connectivity index (χ0v) is 13.8. The van der Waals surface area contributed by atoms with Gasteiger partial charge in [0.25, 0.3) is 0 Å². The first-order chi connectivity index (χ1) is 9.99. The maximum atomic E-state index is 6.29. The van der Waals surface area contributed by atoms with Crippen molar-refractivity contribution in [1.29, 1.82) is 0 Å². The molecule has 3 rings (SSSR count). The topological polar surface area (TPSA) is 12.5 Å². The van der Waals surface area contributed by atoms with E-state index in [-0.39, 0.29) is 6.10 Å². The van der Waals surface area contributed by atoms with Crippen LogP contribution in [0.3, 0.4) is 0 Å². The van der Waals surface area contributed by atoms with Crippen LogP contribution in [-0.4, -0.2) is 20.7 Å². The van der Waals surface area contributed by atoms with Gasteiger partial charge in [-0.1, -0.05) is 37.6 Å². The minimum atomic E-state index is 0.219. The average Bonchev–Trinajstić information content (AvgIpc) is 2.44. The Hall–Kier alpha value is -1.28. The van der Waals surface area contributed by atoms with Crippen LogP contribution in [0, 0.1) is 23.7 Å². The number of anilines is 1. The smallest absolute Gasteiger partial charge is 0.0892 e. The first kappa shape index (κ1) is 14.6. The van der Waals surface area contributed by atoms with Crippen LogP contribution in [0.2, 0.25) is 0 Å². The summed E-state index contributed by atoms with van der Waals surface area (Å²) in [7, 11) is 4.16. The van der Waals surface area contributed by atoms with Crippen molar-refractivity contribution in [3.8, 4) is 0 Å². The summed E-state index contributed by atoms with van der Waals surface area (Å²) in [5.41, 5.74) is 4.07. The van der Waals surface area contributed by atoms with Crippen molar-refractivity contribution in [2.75, 3.05) is 25.6 Å². The molecular formula is C19H27NO. The van der Waals surface area contributed by atoms with E-state index in [9.17, 15) is 0 Å². The normalized spacial score (nSPS) is 35.3. The molecule has 0 spiro atoms. The zero-order valence-electron chi connectivity index (χ0n) is 13.8. The van der Waals surface area contributed by atoms with Crippen LogP contribution in [0.1, 0.15) is 32.4 Å². The van der Waals surface area contributed by atoms with Crippen LogP contribution >= 0.6 is 0 Å². The van der Waals surface area contributed by atoms with Gasteiger partial charge in [0.05, 0.1) is 12.7 Å². The van der Waals surface area contributed by atoms with Gasteiger partial charge >= 0.3 is 0 Å². The summed E-state index contributed by atoms with van der Waals surface area (Å²) in [5, 5.41) is 0. The van der Waals surface area contributed by atoms with Gasteiger partial charge in [-0.25, -0.2) is 0 Å². The number of rotatable bonds is 2. The summed E-state index contributed by atoms with van der Waals surface area (Å²) < 4.78 is 6.29. The van der Waals surface area contributed by atoms with Crippen molar-refractivity contribution < 1.29 is 4.74 Å². The van der Waals surface area contributed by atoms with E-state index < -0.39 is 0 Å². The molecule has 1 aliphatic heterocycles. The van der Waals surface area contributed by atoms with Gasteiger partial charge in [0, 0.05) is 25.7 Å².